The Morgan fingerprint density at radius 3 is 2.66 bits per heavy atom. The van der Waals surface area contributed by atoms with Crippen molar-refractivity contribution in [3.63, 3.8) is 0 Å². The number of nitrogens with two attached hydrogens (primary N) is 1. The monoisotopic (exact) mass is 626 g/mol. The Kier molecular flexibility index (Phi) is 10.2. The van der Waals surface area contributed by atoms with E-state index in [9.17, 15) is 13.2 Å². The zero-order valence-corrected chi connectivity index (χ0v) is 26.5. The number of fused-ring (bicyclic) bond motifs is 1. The largest absolute Gasteiger partial charge is 0.454 e. The molecule has 44 heavy (non-hydrogen) atoms. The number of amides is 1. The van der Waals surface area contributed by atoms with Crippen LogP contribution in [0.4, 0.5) is 5.82 Å². The molecule has 1 fully saturated rings. The summed E-state index contributed by atoms with van der Waals surface area (Å²) in [5.74, 6) is 2.24. The fourth-order valence-electron chi connectivity index (χ4n) is 6.27. The smallest absolute Gasteiger partial charge is 0.240 e. The molecule has 2 aliphatic heterocycles. The van der Waals surface area contributed by atoms with Gasteiger partial charge in [0.2, 0.25) is 34.5 Å². The number of aryl methyl sites for hydroxylation is 1. The summed E-state index contributed by atoms with van der Waals surface area (Å²) in [6.45, 7) is 5.78. The first-order valence-corrected chi connectivity index (χ1v) is 17.2. The van der Waals surface area contributed by atoms with Gasteiger partial charge < -0.3 is 15.2 Å². The summed E-state index contributed by atoms with van der Waals surface area (Å²) >= 11 is 0. The summed E-state index contributed by atoms with van der Waals surface area (Å²) in [5, 5.41) is 0. The maximum Gasteiger partial charge on any atom is 0.240 e. The number of carbonyl (C=O) groups excluding carboxylic acids is 1. The molecule has 0 bridgehead atoms. The third-order valence-corrected chi connectivity index (χ3v) is 10.6. The number of imidazole rings is 1. The lowest BCUT2D eigenvalue weighted by atomic mass is 10.0. The molecule has 3 aromatic rings. The number of hydrogen-bond acceptors (Lipinski definition) is 8. The number of carbonyl (C=O) groups is 1. The van der Waals surface area contributed by atoms with Gasteiger partial charge in [-0.1, -0.05) is 45.1 Å². The van der Waals surface area contributed by atoms with E-state index in [2.05, 4.69) is 16.9 Å². The molecule has 0 radical (unpaired) electrons. The minimum absolute atomic E-state index is 0.0215. The van der Waals surface area contributed by atoms with E-state index in [1.165, 1.54) is 6.42 Å². The van der Waals surface area contributed by atoms with Gasteiger partial charge in [0.05, 0.1) is 38.4 Å². The second-order valence-corrected chi connectivity index (χ2v) is 13.9. The van der Waals surface area contributed by atoms with Gasteiger partial charge in [-0.2, -0.15) is 9.29 Å². The first kappa shape index (κ1) is 31.9. The molecule has 4 heterocycles. The summed E-state index contributed by atoms with van der Waals surface area (Å²) in [6.07, 6.45) is 11.8. The molecule has 2 aromatic heterocycles. The standard InChI is InChI=1S/C31H43N7O5S/c1-3-4-5-6-7-8-17-44(40,41)37-14-16-38(26(21-37)20-29(32)39,15-11-25-9-10-27-28(19-25)43-23-42-27)30-18-24(2)34-31(35-30)36-13-12-33-22-36/h9-10,12-13,18-19,22,26H,3-8,11,14-17,20-21,23H2,1-2H3,(H-,32,39)/p+1. The van der Waals surface area contributed by atoms with Crippen LogP contribution < -0.4 is 19.7 Å². The van der Waals surface area contributed by atoms with Crippen LogP contribution in [0.5, 0.6) is 11.5 Å². The Hall–Kier alpha value is -3.55. The molecule has 1 amide bonds. The number of aromatic nitrogens is 4. The number of nitrogens with zero attached hydrogens (tertiary/aromatic N) is 6. The van der Waals surface area contributed by atoms with E-state index < -0.39 is 22.0 Å². The average Bonchev–Trinajstić information content (AvgIpc) is 3.70. The van der Waals surface area contributed by atoms with E-state index in [1.54, 1.807) is 27.6 Å². The van der Waals surface area contributed by atoms with E-state index in [1.807, 2.05) is 31.2 Å². The van der Waals surface area contributed by atoms with Gasteiger partial charge in [0, 0.05) is 30.6 Å². The van der Waals surface area contributed by atoms with Crippen LogP contribution in [0.15, 0.2) is 43.0 Å². The Balaban J connectivity index is 1.45. The number of quaternary nitrogens is 1. The second kappa shape index (κ2) is 14.0. The number of benzene rings is 1. The molecule has 2 N–H and O–H groups in total. The zero-order chi connectivity index (χ0) is 31.2. The lowest BCUT2D eigenvalue weighted by Crippen LogP contribution is -2.69. The number of hydrogen-bond donors (Lipinski definition) is 1. The maximum absolute atomic E-state index is 13.5. The van der Waals surface area contributed by atoms with Crippen LogP contribution in [0.25, 0.3) is 5.95 Å². The molecule has 12 nitrogen and oxygen atoms in total. The summed E-state index contributed by atoms with van der Waals surface area (Å²) < 4.78 is 41.8. The molecule has 0 spiro atoms. The van der Waals surface area contributed by atoms with Crippen molar-refractivity contribution in [1.29, 1.82) is 0 Å². The number of unbranched alkanes of at least 4 members (excludes halogenated alkanes) is 5. The zero-order valence-electron chi connectivity index (χ0n) is 25.7. The predicted octanol–water partition coefficient (Wildman–Crippen LogP) is 3.50. The van der Waals surface area contributed by atoms with Crippen molar-refractivity contribution in [2.24, 2.45) is 5.73 Å². The minimum atomic E-state index is -3.51. The number of piperazine rings is 1. The number of ether oxygens (including phenoxy) is 2. The average molecular weight is 627 g/mol. The van der Waals surface area contributed by atoms with Gasteiger partial charge in [-0.15, -0.1) is 0 Å². The molecular formula is C31H44N7O5S+. The molecule has 13 heteroatoms. The topological polar surface area (TPSA) is 143 Å². The molecule has 0 saturated carbocycles. The lowest BCUT2D eigenvalue weighted by Gasteiger charge is -2.48. The summed E-state index contributed by atoms with van der Waals surface area (Å²) in [4.78, 5) is 26.3. The third-order valence-electron chi connectivity index (χ3n) is 8.70. The van der Waals surface area contributed by atoms with Gasteiger partial charge in [0.25, 0.3) is 0 Å². The van der Waals surface area contributed by atoms with Gasteiger partial charge in [-0.25, -0.2) is 18.4 Å². The normalized spacial score (nSPS) is 20.2. The molecule has 1 saturated heterocycles. The highest BCUT2D eigenvalue weighted by Gasteiger charge is 2.48. The number of rotatable bonds is 15. The SMILES string of the molecule is CCCCCCCCS(=O)(=O)N1CC[N+](CCc2ccc3c(c2)OCO3)(c2cc(C)nc(-n3ccnc3)n2)C(CC(N)=O)C1. The van der Waals surface area contributed by atoms with Gasteiger partial charge in [0.1, 0.15) is 12.4 Å². The molecular weight excluding hydrogens is 582 g/mol. The fraction of sp³-hybridized carbons (Fsp3) is 0.548. The van der Waals surface area contributed by atoms with Gasteiger partial charge in [-0.05, 0) is 31.0 Å². The summed E-state index contributed by atoms with van der Waals surface area (Å²) in [6, 6.07) is 7.40. The number of sulfonamides is 1. The highest BCUT2D eigenvalue weighted by atomic mass is 32.2. The lowest BCUT2D eigenvalue weighted by molar-refractivity contribution is -0.119. The highest BCUT2D eigenvalue weighted by Crippen LogP contribution is 2.35. The van der Waals surface area contributed by atoms with Crippen LogP contribution >= 0.6 is 0 Å². The van der Waals surface area contributed by atoms with Crippen molar-refractivity contribution in [2.75, 3.05) is 38.7 Å². The Morgan fingerprint density at radius 1 is 1.09 bits per heavy atom. The third kappa shape index (κ3) is 7.39. The van der Waals surface area contributed by atoms with Crippen molar-refractivity contribution in [3.8, 4) is 17.4 Å². The second-order valence-electron chi connectivity index (χ2n) is 11.8. The van der Waals surface area contributed by atoms with E-state index in [4.69, 9.17) is 20.2 Å². The van der Waals surface area contributed by atoms with Crippen molar-refractivity contribution in [2.45, 2.75) is 71.3 Å². The Morgan fingerprint density at radius 2 is 1.89 bits per heavy atom. The molecule has 2 aliphatic rings. The predicted molar refractivity (Wildman–Crippen MR) is 168 cm³/mol. The molecule has 1 aromatic carbocycles. The fourth-order valence-corrected chi connectivity index (χ4v) is 7.85. The summed E-state index contributed by atoms with van der Waals surface area (Å²) in [5.41, 5.74) is 7.63. The minimum Gasteiger partial charge on any atom is -0.454 e. The van der Waals surface area contributed by atoms with Crippen molar-refractivity contribution < 1.29 is 22.7 Å². The van der Waals surface area contributed by atoms with E-state index in [0.29, 0.717) is 54.4 Å². The van der Waals surface area contributed by atoms with Crippen molar-refractivity contribution >= 4 is 21.7 Å². The van der Waals surface area contributed by atoms with E-state index in [-0.39, 0.29) is 25.5 Å². The Labute approximate surface area is 259 Å². The molecule has 238 valence electrons. The molecule has 5 rings (SSSR count). The maximum atomic E-state index is 13.5. The van der Waals surface area contributed by atoms with Crippen LogP contribution in [0.2, 0.25) is 0 Å². The first-order valence-electron chi connectivity index (χ1n) is 15.6. The molecule has 2 unspecified atom stereocenters. The van der Waals surface area contributed by atoms with Crippen LogP contribution in [0.3, 0.4) is 0 Å². The highest BCUT2D eigenvalue weighted by molar-refractivity contribution is 7.89. The van der Waals surface area contributed by atoms with E-state index in [0.717, 1.165) is 42.8 Å². The van der Waals surface area contributed by atoms with Crippen LogP contribution in [-0.4, -0.2) is 82.9 Å². The quantitative estimate of drug-likeness (QED) is 0.200. The van der Waals surface area contributed by atoms with Gasteiger partial charge >= 0.3 is 0 Å². The first-order chi connectivity index (χ1) is 21.2. The van der Waals surface area contributed by atoms with E-state index >= 15 is 0 Å². The summed E-state index contributed by atoms with van der Waals surface area (Å²) in [7, 11) is -3.51. The molecule has 0 aliphatic carbocycles. The van der Waals surface area contributed by atoms with Crippen LogP contribution in [-0.2, 0) is 21.2 Å². The number of primary amides is 1. The van der Waals surface area contributed by atoms with Gasteiger partial charge in [0.15, 0.2) is 11.5 Å². The van der Waals surface area contributed by atoms with Crippen molar-refractivity contribution in [1.82, 2.24) is 28.3 Å². The van der Waals surface area contributed by atoms with Gasteiger partial charge in [-0.3, -0.25) is 13.8 Å². The Bertz CT molecular complexity index is 1530. The van der Waals surface area contributed by atoms with Crippen LogP contribution in [0, 0.1) is 6.92 Å². The van der Waals surface area contributed by atoms with Crippen molar-refractivity contribution in [3.05, 3.63) is 54.2 Å². The van der Waals surface area contributed by atoms with Crippen LogP contribution in [0.1, 0.15) is 63.1 Å². The molecule has 2 atom stereocenters.